The lowest BCUT2D eigenvalue weighted by molar-refractivity contribution is -0.0721. The van der Waals surface area contributed by atoms with E-state index in [1.165, 1.54) is 12.8 Å². The van der Waals surface area contributed by atoms with Gasteiger partial charge >= 0.3 is 0 Å². The number of hydrogen-bond donors (Lipinski definition) is 1. The van der Waals surface area contributed by atoms with Gasteiger partial charge < -0.3 is 24.4 Å². The molecule has 0 spiro atoms. The number of halogens is 1. The van der Waals surface area contributed by atoms with Gasteiger partial charge in [-0.1, -0.05) is 32.0 Å². The van der Waals surface area contributed by atoms with Crippen molar-refractivity contribution in [2.75, 3.05) is 40.0 Å². The molecule has 1 atom stereocenters. The minimum atomic E-state index is 0. The number of rotatable bonds is 8. The summed E-state index contributed by atoms with van der Waals surface area (Å²) in [4.78, 5) is 6.83. The van der Waals surface area contributed by atoms with Gasteiger partial charge in [0.05, 0.1) is 25.4 Å². The lowest BCUT2D eigenvalue weighted by Crippen LogP contribution is -2.47. The van der Waals surface area contributed by atoms with E-state index in [4.69, 9.17) is 14.2 Å². The summed E-state index contributed by atoms with van der Waals surface area (Å²) in [5.41, 5.74) is 1.16. The molecule has 1 aromatic carbocycles. The van der Waals surface area contributed by atoms with E-state index < -0.39 is 0 Å². The number of piperidine rings is 1. The number of likely N-dealkylation sites (tertiary alicyclic amines) is 1. The van der Waals surface area contributed by atoms with Crippen LogP contribution in [0, 0.1) is 5.92 Å². The average Bonchev–Trinajstić information content (AvgIpc) is 2.79. The maximum Gasteiger partial charge on any atom is 0.193 e. The molecular formula is C24H40IN3O3. The predicted molar refractivity (Wildman–Crippen MR) is 137 cm³/mol. The highest BCUT2D eigenvalue weighted by atomic mass is 127. The molecule has 0 aliphatic carbocycles. The molecule has 0 bridgehead atoms. The van der Waals surface area contributed by atoms with Crippen LogP contribution in [0.15, 0.2) is 29.3 Å². The molecule has 2 heterocycles. The third-order valence-corrected chi connectivity index (χ3v) is 5.73. The van der Waals surface area contributed by atoms with Gasteiger partial charge in [-0.3, -0.25) is 4.99 Å². The second kappa shape index (κ2) is 14.2. The molecule has 2 saturated heterocycles. The summed E-state index contributed by atoms with van der Waals surface area (Å²) in [6, 6.07) is 8.24. The second-order valence-electron chi connectivity index (χ2n) is 8.72. The van der Waals surface area contributed by atoms with E-state index in [9.17, 15) is 0 Å². The number of hydrogen-bond acceptors (Lipinski definition) is 4. The lowest BCUT2D eigenvalue weighted by atomic mass is 10.1. The maximum atomic E-state index is 6.15. The summed E-state index contributed by atoms with van der Waals surface area (Å²) in [6.07, 6.45) is 6.27. The van der Waals surface area contributed by atoms with Crippen LogP contribution in [0.2, 0.25) is 0 Å². The van der Waals surface area contributed by atoms with Crippen molar-refractivity contribution in [3.8, 4) is 5.75 Å². The summed E-state index contributed by atoms with van der Waals surface area (Å²) in [5, 5.41) is 3.52. The summed E-state index contributed by atoms with van der Waals surface area (Å²) < 4.78 is 17.9. The molecular weight excluding hydrogens is 505 g/mol. The quantitative estimate of drug-likeness (QED) is 0.297. The molecule has 2 aliphatic heterocycles. The fourth-order valence-electron chi connectivity index (χ4n) is 3.97. The maximum absolute atomic E-state index is 6.15. The van der Waals surface area contributed by atoms with E-state index in [2.05, 4.69) is 41.2 Å². The topological polar surface area (TPSA) is 55.3 Å². The van der Waals surface area contributed by atoms with Crippen molar-refractivity contribution < 1.29 is 14.2 Å². The van der Waals surface area contributed by atoms with Gasteiger partial charge in [-0.25, -0.2) is 0 Å². The SMILES string of the molecule is CN=C(NCc1ccccc1OCC(C)C)N1CCC(OCC2CCCCO2)CC1.I. The number of nitrogens with one attached hydrogen (secondary N) is 1. The minimum Gasteiger partial charge on any atom is -0.493 e. The monoisotopic (exact) mass is 545 g/mol. The highest BCUT2D eigenvalue weighted by molar-refractivity contribution is 14.0. The predicted octanol–water partition coefficient (Wildman–Crippen LogP) is 4.46. The minimum absolute atomic E-state index is 0. The van der Waals surface area contributed by atoms with Crippen LogP contribution in [0.1, 0.15) is 51.5 Å². The zero-order valence-electron chi connectivity index (χ0n) is 19.3. The van der Waals surface area contributed by atoms with Crippen molar-refractivity contribution in [1.82, 2.24) is 10.2 Å². The number of nitrogens with zero attached hydrogens (tertiary/aromatic N) is 2. The van der Waals surface area contributed by atoms with Crippen molar-refractivity contribution >= 4 is 29.9 Å². The van der Waals surface area contributed by atoms with Crippen molar-refractivity contribution in [3.05, 3.63) is 29.8 Å². The van der Waals surface area contributed by atoms with Crippen LogP contribution in [-0.4, -0.2) is 63.0 Å². The van der Waals surface area contributed by atoms with Crippen molar-refractivity contribution in [1.29, 1.82) is 0 Å². The van der Waals surface area contributed by atoms with E-state index in [1.54, 1.807) is 0 Å². The Bertz CT molecular complexity index is 657. The first-order valence-electron chi connectivity index (χ1n) is 11.5. The Morgan fingerprint density at radius 3 is 2.65 bits per heavy atom. The van der Waals surface area contributed by atoms with Crippen molar-refractivity contribution in [2.45, 2.75) is 64.7 Å². The number of benzene rings is 1. The van der Waals surface area contributed by atoms with Gasteiger partial charge in [0.2, 0.25) is 0 Å². The van der Waals surface area contributed by atoms with Crippen molar-refractivity contribution in [2.24, 2.45) is 10.9 Å². The number of guanidine groups is 1. The summed E-state index contributed by atoms with van der Waals surface area (Å²) in [7, 11) is 1.85. The van der Waals surface area contributed by atoms with Gasteiger partial charge in [0.25, 0.3) is 0 Å². The van der Waals surface area contributed by atoms with Crippen LogP contribution in [0.5, 0.6) is 5.75 Å². The third-order valence-electron chi connectivity index (χ3n) is 5.73. The molecule has 1 aromatic rings. The first-order valence-corrected chi connectivity index (χ1v) is 11.5. The Balaban J connectivity index is 0.00000341. The normalized spacial score (nSPS) is 20.5. The first-order chi connectivity index (χ1) is 14.7. The van der Waals surface area contributed by atoms with Gasteiger partial charge in [-0.05, 0) is 44.1 Å². The van der Waals surface area contributed by atoms with Gasteiger partial charge in [0.1, 0.15) is 5.75 Å². The molecule has 0 amide bonds. The Morgan fingerprint density at radius 2 is 1.97 bits per heavy atom. The highest BCUT2D eigenvalue weighted by Crippen LogP contribution is 2.20. The molecule has 2 aliphatic rings. The lowest BCUT2D eigenvalue weighted by Gasteiger charge is -2.35. The zero-order valence-corrected chi connectivity index (χ0v) is 21.7. The Morgan fingerprint density at radius 1 is 1.19 bits per heavy atom. The van der Waals surface area contributed by atoms with Crippen LogP contribution >= 0.6 is 24.0 Å². The second-order valence-corrected chi connectivity index (χ2v) is 8.72. The molecule has 6 nitrogen and oxygen atoms in total. The van der Waals surface area contributed by atoms with E-state index in [0.717, 1.165) is 69.4 Å². The Labute approximate surface area is 205 Å². The average molecular weight is 546 g/mol. The molecule has 176 valence electrons. The largest absolute Gasteiger partial charge is 0.493 e. The summed E-state index contributed by atoms with van der Waals surface area (Å²) in [5.74, 6) is 2.40. The molecule has 0 saturated carbocycles. The first kappa shape index (κ1) is 26.2. The third kappa shape index (κ3) is 8.77. The molecule has 0 aromatic heterocycles. The number of ether oxygens (including phenoxy) is 3. The van der Waals surface area contributed by atoms with Crippen LogP contribution in [0.3, 0.4) is 0 Å². The van der Waals surface area contributed by atoms with Gasteiger partial charge in [-0.2, -0.15) is 0 Å². The van der Waals surface area contributed by atoms with Crippen LogP contribution in [-0.2, 0) is 16.0 Å². The molecule has 7 heteroatoms. The smallest absolute Gasteiger partial charge is 0.193 e. The van der Waals surface area contributed by atoms with E-state index in [-0.39, 0.29) is 24.0 Å². The van der Waals surface area contributed by atoms with Gasteiger partial charge in [-0.15, -0.1) is 24.0 Å². The van der Waals surface area contributed by atoms with Crippen LogP contribution in [0.25, 0.3) is 0 Å². The Kier molecular flexibility index (Phi) is 12.0. The molecule has 1 unspecified atom stereocenters. The molecule has 0 radical (unpaired) electrons. The fourth-order valence-corrected chi connectivity index (χ4v) is 3.97. The molecule has 2 fully saturated rings. The fraction of sp³-hybridized carbons (Fsp3) is 0.708. The number of aliphatic imine (C=N–C) groups is 1. The van der Waals surface area contributed by atoms with Gasteiger partial charge in [0.15, 0.2) is 5.96 Å². The Hall–Kier alpha value is -1.06. The zero-order chi connectivity index (χ0) is 21.2. The van der Waals surface area contributed by atoms with E-state index in [1.807, 2.05) is 19.2 Å². The highest BCUT2D eigenvalue weighted by Gasteiger charge is 2.24. The molecule has 3 rings (SSSR count). The molecule has 31 heavy (non-hydrogen) atoms. The number of para-hydroxylation sites is 1. The van der Waals surface area contributed by atoms with E-state index in [0.29, 0.717) is 24.7 Å². The summed E-state index contributed by atoms with van der Waals surface area (Å²) in [6.45, 7) is 9.31. The summed E-state index contributed by atoms with van der Waals surface area (Å²) >= 11 is 0. The van der Waals surface area contributed by atoms with Gasteiger partial charge in [0, 0.05) is 38.9 Å². The van der Waals surface area contributed by atoms with Crippen LogP contribution < -0.4 is 10.1 Å². The standard InChI is InChI=1S/C24H39N3O3.HI/c1-19(2)17-30-23-10-5-4-8-20(23)16-26-24(25-3)27-13-11-21(12-14-27)29-18-22-9-6-7-15-28-22;/h4-5,8,10,19,21-22H,6-7,9,11-18H2,1-3H3,(H,25,26);1H. The molecule has 1 N–H and O–H groups in total. The van der Waals surface area contributed by atoms with E-state index >= 15 is 0 Å². The van der Waals surface area contributed by atoms with Crippen LogP contribution in [0.4, 0.5) is 0 Å². The van der Waals surface area contributed by atoms with Crippen molar-refractivity contribution in [3.63, 3.8) is 0 Å².